The van der Waals surface area contributed by atoms with Crippen LogP contribution in [0.1, 0.15) is 0 Å². The summed E-state index contributed by atoms with van der Waals surface area (Å²) in [5.41, 5.74) is 0. The van der Waals surface area contributed by atoms with E-state index in [0.717, 1.165) is 6.20 Å². The fourth-order valence-corrected chi connectivity index (χ4v) is 1.72. The number of methoxy groups -OCH3 is 1. The molecule has 13 heavy (non-hydrogen) atoms. The lowest BCUT2D eigenvalue weighted by Gasteiger charge is -2.03. The molecule has 0 aliphatic rings. The smallest absolute Gasteiger partial charge is 0.265 e. The minimum Gasteiger partial charge on any atom is -0.494 e. The lowest BCUT2D eigenvalue weighted by molar-refractivity contribution is 0.397. The number of hydrogen-bond donors (Lipinski definition) is 0. The second kappa shape index (κ2) is 3.47. The van der Waals surface area contributed by atoms with Crippen molar-refractivity contribution in [3.8, 4) is 5.75 Å². The topological polar surface area (TPSA) is 56.3 Å². The van der Waals surface area contributed by atoms with Crippen LogP contribution in [0.5, 0.6) is 5.75 Å². The van der Waals surface area contributed by atoms with Crippen molar-refractivity contribution in [2.24, 2.45) is 0 Å². The predicted molar refractivity (Wildman–Crippen MR) is 43.8 cm³/mol. The quantitative estimate of drug-likeness (QED) is 0.560. The van der Waals surface area contributed by atoms with Crippen LogP contribution in [0.15, 0.2) is 17.2 Å². The van der Waals surface area contributed by atoms with Gasteiger partial charge in [0.1, 0.15) is 4.90 Å². The molecule has 4 nitrogen and oxygen atoms in total. The highest BCUT2D eigenvalue weighted by Gasteiger charge is 2.17. The van der Waals surface area contributed by atoms with Gasteiger partial charge in [-0.2, -0.15) is 4.39 Å². The highest BCUT2D eigenvalue weighted by atomic mass is 35.7. The van der Waals surface area contributed by atoms with E-state index in [0.29, 0.717) is 6.07 Å². The molecule has 0 radical (unpaired) electrons. The van der Waals surface area contributed by atoms with E-state index in [4.69, 9.17) is 10.7 Å². The van der Waals surface area contributed by atoms with Gasteiger partial charge in [-0.1, -0.05) is 0 Å². The molecule has 0 aliphatic heterocycles. The SMILES string of the molecule is COc1cnc(F)cc1S(=O)(=O)Cl. The van der Waals surface area contributed by atoms with Gasteiger partial charge >= 0.3 is 0 Å². The van der Waals surface area contributed by atoms with Gasteiger partial charge in [-0.05, 0) is 0 Å². The molecule has 1 rings (SSSR count). The van der Waals surface area contributed by atoms with E-state index >= 15 is 0 Å². The van der Waals surface area contributed by atoms with Crippen LogP contribution in [-0.4, -0.2) is 20.5 Å². The Bertz CT molecular complexity index is 420. The lowest BCUT2D eigenvalue weighted by atomic mass is 10.4. The maximum absolute atomic E-state index is 12.5. The summed E-state index contributed by atoms with van der Waals surface area (Å²) in [6.07, 6.45) is 0.949. The Morgan fingerprint density at radius 1 is 1.62 bits per heavy atom. The third-order valence-electron chi connectivity index (χ3n) is 1.28. The average Bonchev–Trinajstić information content (AvgIpc) is 2.03. The molecule has 0 unspecified atom stereocenters. The van der Waals surface area contributed by atoms with Crippen LogP contribution in [0.2, 0.25) is 0 Å². The summed E-state index contributed by atoms with van der Waals surface area (Å²) in [7, 11) is 2.25. The first kappa shape index (κ1) is 10.2. The van der Waals surface area contributed by atoms with E-state index in [-0.39, 0.29) is 5.75 Å². The zero-order chi connectivity index (χ0) is 10.1. The zero-order valence-corrected chi connectivity index (χ0v) is 8.06. The Kier molecular flexibility index (Phi) is 2.72. The van der Waals surface area contributed by atoms with Crippen LogP contribution >= 0.6 is 10.7 Å². The van der Waals surface area contributed by atoms with Crippen LogP contribution in [0.4, 0.5) is 4.39 Å². The van der Waals surface area contributed by atoms with Gasteiger partial charge in [0.15, 0.2) is 5.75 Å². The minimum absolute atomic E-state index is 0.0867. The van der Waals surface area contributed by atoms with E-state index < -0.39 is 19.9 Å². The summed E-state index contributed by atoms with van der Waals surface area (Å²) < 4.78 is 38.9. The van der Waals surface area contributed by atoms with Gasteiger partial charge in [-0.15, -0.1) is 0 Å². The molecule has 1 heterocycles. The maximum atomic E-state index is 12.5. The van der Waals surface area contributed by atoms with Gasteiger partial charge in [0, 0.05) is 16.7 Å². The molecule has 0 amide bonds. The molecule has 0 fully saturated rings. The number of hydrogen-bond acceptors (Lipinski definition) is 4. The van der Waals surface area contributed by atoms with E-state index in [9.17, 15) is 12.8 Å². The molecule has 0 saturated carbocycles. The van der Waals surface area contributed by atoms with E-state index in [1.807, 2.05) is 0 Å². The standard InChI is InChI=1S/C6H5ClFNO3S/c1-12-4-3-9-6(8)2-5(4)13(7,10)11/h2-3H,1H3. The molecule has 0 aromatic carbocycles. The van der Waals surface area contributed by atoms with Crippen molar-refractivity contribution in [1.29, 1.82) is 0 Å². The van der Waals surface area contributed by atoms with Crippen molar-refractivity contribution < 1.29 is 17.5 Å². The van der Waals surface area contributed by atoms with Crippen molar-refractivity contribution in [3.05, 3.63) is 18.2 Å². The highest BCUT2D eigenvalue weighted by molar-refractivity contribution is 8.13. The van der Waals surface area contributed by atoms with Crippen LogP contribution in [0.25, 0.3) is 0 Å². The van der Waals surface area contributed by atoms with Crippen molar-refractivity contribution in [3.63, 3.8) is 0 Å². The van der Waals surface area contributed by atoms with Gasteiger partial charge < -0.3 is 4.74 Å². The lowest BCUT2D eigenvalue weighted by Crippen LogP contribution is -1.98. The summed E-state index contributed by atoms with van der Waals surface area (Å²) in [5.74, 6) is -1.02. The van der Waals surface area contributed by atoms with Crippen molar-refractivity contribution >= 4 is 19.7 Å². The van der Waals surface area contributed by atoms with Gasteiger partial charge in [-0.3, -0.25) is 0 Å². The molecule has 0 spiro atoms. The minimum atomic E-state index is -4.00. The first-order valence-electron chi connectivity index (χ1n) is 3.09. The molecular formula is C6H5ClFNO3S. The largest absolute Gasteiger partial charge is 0.494 e. The summed E-state index contributed by atoms with van der Waals surface area (Å²) in [4.78, 5) is 2.78. The summed E-state index contributed by atoms with van der Waals surface area (Å²) >= 11 is 0. The van der Waals surface area contributed by atoms with Gasteiger partial charge in [0.25, 0.3) is 9.05 Å². The first-order chi connectivity index (χ1) is 5.95. The Hall–Kier alpha value is -0.880. The van der Waals surface area contributed by atoms with Crippen molar-refractivity contribution in [2.75, 3.05) is 7.11 Å². The van der Waals surface area contributed by atoms with E-state index in [2.05, 4.69) is 9.72 Å². The fraction of sp³-hybridized carbons (Fsp3) is 0.167. The Balaban J connectivity index is 3.41. The molecule has 0 saturated heterocycles. The number of halogens is 2. The van der Waals surface area contributed by atoms with E-state index in [1.54, 1.807) is 0 Å². The van der Waals surface area contributed by atoms with Crippen LogP contribution in [0, 0.1) is 5.95 Å². The maximum Gasteiger partial charge on any atom is 0.265 e. The molecule has 72 valence electrons. The third-order valence-corrected chi connectivity index (χ3v) is 2.62. The second-order valence-corrected chi connectivity index (χ2v) is 4.63. The Morgan fingerprint density at radius 2 is 2.23 bits per heavy atom. The highest BCUT2D eigenvalue weighted by Crippen LogP contribution is 2.25. The number of aromatic nitrogens is 1. The molecule has 0 aliphatic carbocycles. The van der Waals surface area contributed by atoms with Crippen LogP contribution in [0.3, 0.4) is 0 Å². The number of pyridine rings is 1. The first-order valence-corrected chi connectivity index (χ1v) is 5.40. The summed E-state index contributed by atoms with van der Waals surface area (Å²) in [6.45, 7) is 0. The monoisotopic (exact) mass is 225 g/mol. The van der Waals surface area contributed by atoms with Gasteiger partial charge in [-0.25, -0.2) is 13.4 Å². The van der Waals surface area contributed by atoms with Gasteiger partial charge in [0.2, 0.25) is 5.95 Å². The Morgan fingerprint density at radius 3 is 2.69 bits per heavy atom. The zero-order valence-electron chi connectivity index (χ0n) is 6.49. The van der Waals surface area contributed by atoms with Gasteiger partial charge in [0.05, 0.1) is 13.3 Å². The molecule has 0 atom stereocenters. The number of ether oxygens (including phenoxy) is 1. The fourth-order valence-electron chi connectivity index (χ4n) is 0.744. The average molecular weight is 226 g/mol. The molecule has 1 aromatic rings. The molecule has 0 bridgehead atoms. The van der Waals surface area contributed by atoms with Crippen molar-refractivity contribution in [1.82, 2.24) is 4.98 Å². The number of rotatable bonds is 2. The van der Waals surface area contributed by atoms with Crippen LogP contribution in [-0.2, 0) is 9.05 Å². The molecule has 1 aromatic heterocycles. The normalized spacial score (nSPS) is 11.3. The van der Waals surface area contributed by atoms with E-state index in [1.165, 1.54) is 7.11 Å². The van der Waals surface area contributed by atoms with Crippen molar-refractivity contribution in [2.45, 2.75) is 4.90 Å². The molecule has 7 heteroatoms. The molecule has 0 N–H and O–H groups in total. The summed E-state index contributed by atoms with van der Waals surface area (Å²) in [5, 5.41) is 0. The van der Waals surface area contributed by atoms with Crippen LogP contribution < -0.4 is 4.74 Å². The third kappa shape index (κ3) is 2.28. The summed E-state index contributed by atoms with van der Waals surface area (Å²) in [6, 6.07) is 0.696. The molecular weight excluding hydrogens is 221 g/mol. The Labute approximate surface area is 78.7 Å². The number of nitrogens with zero attached hydrogens (tertiary/aromatic N) is 1. The predicted octanol–water partition coefficient (Wildman–Crippen LogP) is 1.16. The second-order valence-electron chi connectivity index (χ2n) is 2.10.